The van der Waals surface area contributed by atoms with Gasteiger partial charge in [-0.1, -0.05) is 13.0 Å². The lowest BCUT2D eigenvalue weighted by atomic mass is 9.94. The molecule has 1 aliphatic rings. The van der Waals surface area contributed by atoms with Crippen LogP contribution in [0.1, 0.15) is 19.0 Å². The Balaban J connectivity index is 1.55. The number of hydrogen-bond donors (Lipinski definition) is 1. The molecule has 0 aliphatic carbocycles. The Morgan fingerprint density at radius 2 is 2.35 bits per heavy atom. The van der Waals surface area contributed by atoms with Crippen molar-refractivity contribution in [3.63, 3.8) is 0 Å². The van der Waals surface area contributed by atoms with Gasteiger partial charge < -0.3 is 5.32 Å². The summed E-state index contributed by atoms with van der Waals surface area (Å²) in [6, 6.07) is 6.27. The van der Waals surface area contributed by atoms with Gasteiger partial charge in [0.1, 0.15) is 6.20 Å². The Hall–Kier alpha value is -2.06. The standard InChI is InChI=1S/C15H19N5O2S/c1-11-9-19(10-12-4-2-3-6-16-12)7-5-13(11)18-15-17-8-14(23-15)20(21)22/h2-4,6,8,11,13H,5,7,9-10H2,1H3,(H,17,18)/t11-,13+/m0/s1. The lowest BCUT2D eigenvalue weighted by molar-refractivity contribution is -0.380. The van der Waals surface area contributed by atoms with Crippen LogP contribution in [0.3, 0.4) is 0 Å². The number of nitrogens with zero attached hydrogens (tertiary/aromatic N) is 4. The van der Waals surface area contributed by atoms with Gasteiger partial charge in [0, 0.05) is 31.9 Å². The van der Waals surface area contributed by atoms with Gasteiger partial charge in [-0.3, -0.25) is 20.0 Å². The molecule has 2 aromatic heterocycles. The van der Waals surface area contributed by atoms with Crippen LogP contribution in [0.2, 0.25) is 0 Å². The van der Waals surface area contributed by atoms with E-state index >= 15 is 0 Å². The average Bonchev–Trinajstić information content (AvgIpc) is 3.00. The van der Waals surface area contributed by atoms with Gasteiger partial charge >= 0.3 is 5.00 Å². The van der Waals surface area contributed by atoms with Gasteiger partial charge in [0.25, 0.3) is 0 Å². The molecule has 0 aromatic carbocycles. The minimum Gasteiger partial charge on any atom is -0.358 e. The summed E-state index contributed by atoms with van der Waals surface area (Å²) in [5.41, 5.74) is 1.08. The molecule has 7 nitrogen and oxygen atoms in total. The largest absolute Gasteiger partial charge is 0.358 e. The second-order valence-electron chi connectivity index (χ2n) is 5.83. The van der Waals surface area contributed by atoms with Gasteiger partial charge in [-0.2, -0.15) is 0 Å². The maximum Gasteiger partial charge on any atom is 0.345 e. The van der Waals surface area contributed by atoms with Crippen LogP contribution < -0.4 is 5.32 Å². The normalized spacial score (nSPS) is 22.0. The summed E-state index contributed by atoms with van der Waals surface area (Å²) in [5.74, 6) is 0.440. The zero-order valence-electron chi connectivity index (χ0n) is 12.9. The number of thiazole rings is 1. The SMILES string of the molecule is C[C@H]1CN(Cc2ccccn2)CC[C@H]1Nc1ncc([N+](=O)[O-])s1. The molecule has 1 N–H and O–H groups in total. The maximum absolute atomic E-state index is 10.7. The third-order valence-corrected chi connectivity index (χ3v) is 4.96. The first-order chi connectivity index (χ1) is 11.1. The molecule has 1 aliphatic heterocycles. The summed E-state index contributed by atoms with van der Waals surface area (Å²) in [6.45, 7) is 5.01. The van der Waals surface area contributed by atoms with E-state index in [2.05, 4.69) is 27.1 Å². The molecule has 122 valence electrons. The summed E-state index contributed by atoms with van der Waals surface area (Å²) >= 11 is 1.10. The van der Waals surface area contributed by atoms with Crippen LogP contribution in [-0.2, 0) is 6.54 Å². The second-order valence-corrected chi connectivity index (χ2v) is 6.84. The highest BCUT2D eigenvalue weighted by Crippen LogP contribution is 2.28. The molecular formula is C15H19N5O2S. The molecule has 0 radical (unpaired) electrons. The van der Waals surface area contributed by atoms with Crippen LogP contribution in [0.15, 0.2) is 30.6 Å². The van der Waals surface area contributed by atoms with Gasteiger partial charge in [0.15, 0.2) is 5.13 Å². The van der Waals surface area contributed by atoms with E-state index in [0.717, 1.165) is 43.1 Å². The third-order valence-electron chi connectivity index (χ3n) is 4.08. The smallest absolute Gasteiger partial charge is 0.345 e. The van der Waals surface area contributed by atoms with E-state index in [1.807, 2.05) is 24.4 Å². The van der Waals surface area contributed by atoms with Crippen LogP contribution in [-0.4, -0.2) is 38.9 Å². The molecule has 0 spiro atoms. The minimum atomic E-state index is -0.401. The highest BCUT2D eigenvalue weighted by Gasteiger charge is 2.27. The summed E-state index contributed by atoms with van der Waals surface area (Å²) in [4.78, 5) is 21.2. The Morgan fingerprint density at radius 1 is 1.48 bits per heavy atom. The van der Waals surface area contributed by atoms with Gasteiger partial charge in [0.05, 0.1) is 10.6 Å². The molecule has 2 atom stereocenters. The van der Waals surface area contributed by atoms with E-state index < -0.39 is 4.92 Å². The number of hydrogen-bond acceptors (Lipinski definition) is 7. The Morgan fingerprint density at radius 3 is 3.00 bits per heavy atom. The maximum atomic E-state index is 10.7. The van der Waals surface area contributed by atoms with Crippen LogP contribution in [0.5, 0.6) is 0 Å². The predicted molar refractivity (Wildman–Crippen MR) is 89.5 cm³/mol. The lowest BCUT2D eigenvalue weighted by Gasteiger charge is -2.37. The highest BCUT2D eigenvalue weighted by molar-refractivity contribution is 7.18. The molecule has 2 aromatic rings. The van der Waals surface area contributed by atoms with Gasteiger partial charge in [-0.15, -0.1) is 0 Å². The summed E-state index contributed by atoms with van der Waals surface area (Å²) in [6.07, 6.45) is 4.12. The number of anilines is 1. The minimum absolute atomic E-state index is 0.0766. The highest BCUT2D eigenvalue weighted by atomic mass is 32.1. The van der Waals surface area contributed by atoms with Crippen molar-refractivity contribution in [2.75, 3.05) is 18.4 Å². The molecule has 1 saturated heterocycles. The van der Waals surface area contributed by atoms with E-state index in [4.69, 9.17) is 0 Å². The number of nitro groups is 1. The van der Waals surface area contributed by atoms with E-state index in [-0.39, 0.29) is 5.00 Å². The molecule has 8 heteroatoms. The van der Waals surface area contributed by atoms with E-state index in [1.165, 1.54) is 6.20 Å². The van der Waals surface area contributed by atoms with Crippen molar-refractivity contribution in [3.8, 4) is 0 Å². The topological polar surface area (TPSA) is 84.2 Å². The van der Waals surface area contributed by atoms with Crippen LogP contribution in [0, 0.1) is 16.0 Å². The average molecular weight is 333 g/mol. The number of aromatic nitrogens is 2. The molecule has 1 fully saturated rings. The monoisotopic (exact) mass is 333 g/mol. The van der Waals surface area contributed by atoms with Crippen molar-refractivity contribution in [1.82, 2.24) is 14.9 Å². The van der Waals surface area contributed by atoms with Gasteiger partial charge in [-0.05, 0) is 35.8 Å². The molecule has 0 saturated carbocycles. The van der Waals surface area contributed by atoms with Crippen molar-refractivity contribution in [3.05, 3.63) is 46.4 Å². The summed E-state index contributed by atoms with van der Waals surface area (Å²) in [5, 5.41) is 14.8. The number of likely N-dealkylation sites (tertiary alicyclic amines) is 1. The first-order valence-corrected chi connectivity index (χ1v) is 8.42. The fourth-order valence-electron chi connectivity index (χ4n) is 2.89. The predicted octanol–water partition coefficient (Wildman–Crippen LogP) is 2.77. The number of rotatable bonds is 5. The van der Waals surface area contributed by atoms with Crippen molar-refractivity contribution < 1.29 is 4.92 Å². The Labute approximate surface area is 138 Å². The van der Waals surface area contributed by atoms with Crippen molar-refractivity contribution in [1.29, 1.82) is 0 Å². The number of nitrogens with one attached hydrogen (secondary N) is 1. The summed E-state index contributed by atoms with van der Waals surface area (Å²) in [7, 11) is 0. The van der Waals surface area contributed by atoms with Crippen LogP contribution >= 0.6 is 11.3 Å². The third kappa shape index (κ3) is 4.02. The van der Waals surface area contributed by atoms with Gasteiger partial charge in [-0.25, -0.2) is 4.98 Å². The van der Waals surface area contributed by atoms with E-state index in [9.17, 15) is 10.1 Å². The zero-order chi connectivity index (χ0) is 16.2. The Kier molecular flexibility index (Phi) is 4.82. The molecule has 0 amide bonds. The quantitative estimate of drug-likeness (QED) is 0.669. The van der Waals surface area contributed by atoms with Gasteiger partial charge in [0.2, 0.25) is 0 Å². The molecular weight excluding hydrogens is 314 g/mol. The molecule has 0 bridgehead atoms. The Bertz CT molecular complexity index is 663. The summed E-state index contributed by atoms with van der Waals surface area (Å²) < 4.78 is 0. The van der Waals surface area contributed by atoms with Crippen LogP contribution in [0.4, 0.5) is 10.1 Å². The zero-order valence-corrected chi connectivity index (χ0v) is 13.7. The number of piperidine rings is 1. The molecule has 3 rings (SSSR count). The first-order valence-electron chi connectivity index (χ1n) is 7.61. The molecule has 0 unspecified atom stereocenters. The van der Waals surface area contributed by atoms with Crippen LogP contribution in [0.25, 0.3) is 0 Å². The van der Waals surface area contributed by atoms with E-state index in [1.54, 1.807) is 0 Å². The fourth-order valence-corrected chi connectivity index (χ4v) is 3.58. The second kappa shape index (κ2) is 7.01. The van der Waals surface area contributed by atoms with Crippen molar-refractivity contribution >= 4 is 21.5 Å². The van der Waals surface area contributed by atoms with Crippen molar-refractivity contribution in [2.24, 2.45) is 5.92 Å². The first kappa shape index (κ1) is 15.8. The lowest BCUT2D eigenvalue weighted by Crippen LogP contribution is -2.44. The molecule has 3 heterocycles. The molecule has 23 heavy (non-hydrogen) atoms. The fraction of sp³-hybridized carbons (Fsp3) is 0.467. The van der Waals surface area contributed by atoms with Crippen molar-refractivity contribution in [2.45, 2.75) is 25.9 Å². The van der Waals surface area contributed by atoms with E-state index in [0.29, 0.717) is 17.1 Å². The number of pyridine rings is 1.